The van der Waals surface area contributed by atoms with Gasteiger partial charge < -0.3 is 20.3 Å². The van der Waals surface area contributed by atoms with Gasteiger partial charge in [0, 0.05) is 25.4 Å². The van der Waals surface area contributed by atoms with Crippen LogP contribution in [-0.4, -0.2) is 55.7 Å². The van der Waals surface area contributed by atoms with Crippen LogP contribution < -0.4 is 15.4 Å². The van der Waals surface area contributed by atoms with Gasteiger partial charge in [0.05, 0.1) is 13.7 Å². The summed E-state index contributed by atoms with van der Waals surface area (Å²) in [4.78, 5) is 11.4. The van der Waals surface area contributed by atoms with Gasteiger partial charge in [0.25, 0.3) is 0 Å². The fourth-order valence-corrected chi connectivity index (χ4v) is 3.04. The first-order chi connectivity index (χ1) is 12.3. The quantitative estimate of drug-likeness (QED) is 0.262. The number of aliphatic imine (C=N–C) groups is 1. The Hall–Kier alpha value is -1.09. The third-order valence-corrected chi connectivity index (χ3v) is 4.41. The molecular weight excluding hydrogens is 441 g/mol. The van der Waals surface area contributed by atoms with Gasteiger partial charge in [-0.2, -0.15) is 0 Å². The van der Waals surface area contributed by atoms with E-state index >= 15 is 0 Å². The van der Waals surface area contributed by atoms with Crippen LogP contribution in [0.1, 0.15) is 44.6 Å². The Morgan fingerprint density at radius 3 is 2.69 bits per heavy atom. The van der Waals surface area contributed by atoms with Crippen LogP contribution >= 0.6 is 24.0 Å². The number of guanidine groups is 1. The highest BCUT2D eigenvalue weighted by molar-refractivity contribution is 14.0. The normalized spacial score (nSPS) is 15.7. The minimum atomic E-state index is 0. The average molecular weight is 475 g/mol. The Morgan fingerprint density at radius 1 is 1.23 bits per heavy atom. The maximum Gasteiger partial charge on any atom is 0.213 e. The zero-order chi connectivity index (χ0) is 17.7. The molecule has 1 saturated heterocycles. The van der Waals surface area contributed by atoms with Gasteiger partial charge in [0.2, 0.25) is 5.88 Å². The molecule has 0 radical (unpaired) electrons. The standard InChI is InChI=1S/C19H33N5O.HI/c1-3-20-19(23-16-17-9-11-21-18(15-17)25-2)22-10-8-14-24-12-6-4-5-7-13-24;/h9,11,15H,3-8,10,12-14,16H2,1-2H3,(H2,20,22,23);1H. The van der Waals surface area contributed by atoms with Crippen LogP contribution in [0, 0.1) is 0 Å². The van der Waals surface area contributed by atoms with Crippen molar-refractivity contribution in [3.05, 3.63) is 23.9 Å². The number of rotatable bonds is 8. The van der Waals surface area contributed by atoms with Crippen molar-refractivity contribution in [1.82, 2.24) is 20.5 Å². The highest BCUT2D eigenvalue weighted by atomic mass is 127. The molecule has 148 valence electrons. The van der Waals surface area contributed by atoms with Crippen LogP contribution in [0.3, 0.4) is 0 Å². The van der Waals surface area contributed by atoms with E-state index in [1.807, 2.05) is 12.1 Å². The zero-order valence-electron chi connectivity index (χ0n) is 16.2. The highest BCUT2D eigenvalue weighted by Crippen LogP contribution is 2.10. The summed E-state index contributed by atoms with van der Waals surface area (Å²) in [5.74, 6) is 1.50. The lowest BCUT2D eigenvalue weighted by Crippen LogP contribution is -2.39. The van der Waals surface area contributed by atoms with E-state index in [0.29, 0.717) is 12.4 Å². The molecule has 2 rings (SSSR count). The van der Waals surface area contributed by atoms with Crippen LogP contribution in [0.4, 0.5) is 0 Å². The molecule has 0 saturated carbocycles. The van der Waals surface area contributed by atoms with E-state index in [9.17, 15) is 0 Å². The first-order valence-corrected chi connectivity index (χ1v) is 9.55. The molecule has 1 aliphatic rings. The molecule has 1 fully saturated rings. The molecule has 1 aliphatic heterocycles. The molecule has 0 amide bonds. The van der Waals surface area contributed by atoms with Gasteiger partial charge in [-0.05, 0) is 57.5 Å². The van der Waals surface area contributed by atoms with Gasteiger partial charge in [-0.1, -0.05) is 12.8 Å². The number of pyridine rings is 1. The summed E-state index contributed by atoms with van der Waals surface area (Å²) in [6.07, 6.45) is 8.40. The van der Waals surface area contributed by atoms with Crippen LogP contribution in [0.25, 0.3) is 0 Å². The number of aromatic nitrogens is 1. The number of hydrogen-bond acceptors (Lipinski definition) is 4. The third-order valence-electron chi connectivity index (χ3n) is 4.41. The smallest absolute Gasteiger partial charge is 0.213 e. The molecule has 0 bridgehead atoms. The molecular formula is C19H34IN5O. The fraction of sp³-hybridized carbons (Fsp3) is 0.684. The highest BCUT2D eigenvalue weighted by Gasteiger charge is 2.08. The van der Waals surface area contributed by atoms with Gasteiger partial charge in [-0.3, -0.25) is 0 Å². The van der Waals surface area contributed by atoms with Gasteiger partial charge in [-0.25, -0.2) is 9.98 Å². The lowest BCUT2D eigenvalue weighted by Gasteiger charge is -2.20. The van der Waals surface area contributed by atoms with Gasteiger partial charge in [0.15, 0.2) is 5.96 Å². The lowest BCUT2D eigenvalue weighted by atomic mass is 10.2. The maximum atomic E-state index is 5.16. The number of ether oxygens (including phenoxy) is 1. The first-order valence-electron chi connectivity index (χ1n) is 9.55. The number of nitrogens with zero attached hydrogens (tertiary/aromatic N) is 3. The van der Waals surface area contributed by atoms with E-state index < -0.39 is 0 Å². The largest absolute Gasteiger partial charge is 0.481 e. The zero-order valence-corrected chi connectivity index (χ0v) is 18.5. The van der Waals surface area contributed by atoms with Crippen molar-refractivity contribution >= 4 is 29.9 Å². The van der Waals surface area contributed by atoms with E-state index in [1.165, 1.54) is 45.3 Å². The van der Waals surface area contributed by atoms with Crippen LogP contribution in [-0.2, 0) is 6.54 Å². The molecule has 0 spiro atoms. The second-order valence-corrected chi connectivity index (χ2v) is 6.44. The van der Waals surface area contributed by atoms with Crippen LogP contribution in [0.5, 0.6) is 5.88 Å². The minimum absolute atomic E-state index is 0. The third kappa shape index (κ3) is 9.02. The predicted octanol–water partition coefficient (Wildman–Crippen LogP) is 3.03. The van der Waals surface area contributed by atoms with E-state index in [0.717, 1.165) is 31.0 Å². The van der Waals surface area contributed by atoms with Gasteiger partial charge >= 0.3 is 0 Å². The van der Waals surface area contributed by atoms with Crippen molar-refractivity contribution in [1.29, 1.82) is 0 Å². The molecule has 6 nitrogen and oxygen atoms in total. The van der Waals surface area contributed by atoms with Crippen molar-refractivity contribution in [3.63, 3.8) is 0 Å². The summed E-state index contributed by atoms with van der Waals surface area (Å²) in [6.45, 7) is 8.20. The first kappa shape index (κ1) is 23.0. The van der Waals surface area contributed by atoms with Crippen LogP contribution in [0.15, 0.2) is 23.3 Å². The van der Waals surface area contributed by atoms with Crippen molar-refractivity contribution in [2.75, 3.05) is 39.8 Å². The Bertz CT molecular complexity index is 518. The minimum Gasteiger partial charge on any atom is -0.481 e. The fourth-order valence-electron chi connectivity index (χ4n) is 3.04. The second kappa shape index (κ2) is 14.0. The number of methoxy groups -OCH3 is 1. The van der Waals surface area contributed by atoms with Gasteiger partial charge in [-0.15, -0.1) is 24.0 Å². The molecule has 7 heteroatoms. The topological polar surface area (TPSA) is 61.8 Å². The predicted molar refractivity (Wildman–Crippen MR) is 119 cm³/mol. The average Bonchev–Trinajstić information content (AvgIpc) is 2.92. The van der Waals surface area contributed by atoms with E-state index in [2.05, 4.69) is 32.4 Å². The summed E-state index contributed by atoms with van der Waals surface area (Å²) >= 11 is 0. The molecule has 0 aliphatic carbocycles. The monoisotopic (exact) mass is 475 g/mol. The molecule has 0 atom stereocenters. The van der Waals surface area contributed by atoms with Crippen molar-refractivity contribution < 1.29 is 4.74 Å². The van der Waals surface area contributed by atoms with E-state index in [4.69, 9.17) is 4.74 Å². The molecule has 1 aromatic heterocycles. The van der Waals surface area contributed by atoms with Crippen molar-refractivity contribution in [2.45, 2.75) is 45.6 Å². The molecule has 2 N–H and O–H groups in total. The lowest BCUT2D eigenvalue weighted by molar-refractivity contribution is 0.282. The molecule has 0 unspecified atom stereocenters. The van der Waals surface area contributed by atoms with E-state index in [1.54, 1.807) is 13.3 Å². The van der Waals surface area contributed by atoms with Crippen LogP contribution in [0.2, 0.25) is 0 Å². The summed E-state index contributed by atoms with van der Waals surface area (Å²) in [5, 5.41) is 6.75. The Labute approximate surface area is 175 Å². The maximum absolute atomic E-state index is 5.16. The molecule has 1 aromatic rings. The second-order valence-electron chi connectivity index (χ2n) is 6.44. The molecule has 2 heterocycles. The Morgan fingerprint density at radius 2 is 2.00 bits per heavy atom. The number of hydrogen-bond donors (Lipinski definition) is 2. The summed E-state index contributed by atoms with van der Waals surface area (Å²) in [7, 11) is 1.63. The molecule has 26 heavy (non-hydrogen) atoms. The molecule has 0 aromatic carbocycles. The van der Waals surface area contributed by atoms with Crippen molar-refractivity contribution in [2.24, 2.45) is 4.99 Å². The summed E-state index contributed by atoms with van der Waals surface area (Å²) in [6, 6.07) is 3.89. The Balaban J connectivity index is 0.00000338. The van der Waals surface area contributed by atoms with Gasteiger partial charge in [0.1, 0.15) is 0 Å². The summed E-state index contributed by atoms with van der Waals surface area (Å²) in [5.41, 5.74) is 1.09. The Kier molecular flexibility index (Phi) is 12.4. The van der Waals surface area contributed by atoms with E-state index in [-0.39, 0.29) is 24.0 Å². The summed E-state index contributed by atoms with van der Waals surface area (Å²) < 4.78 is 5.16. The number of halogens is 1. The number of likely N-dealkylation sites (tertiary alicyclic amines) is 1. The number of nitrogens with one attached hydrogen (secondary N) is 2. The SMILES string of the molecule is CCNC(=NCc1ccnc(OC)c1)NCCCN1CCCCCC1.I. The van der Waals surface area contributed by atoms with Crippen molar-refractivity contribution in [3.8, 4) is 5.88 Å².